The second-order valence-corrected chi connectivity index (χ2v) is 23.9. The van der Waals surface area contributed by atoms with E-state index in [0.717, 1.165) is 28.4 Å². The first kappa shape index (κ1) is 45.6. The molecule has 0 N–H and O–H groups in total. The van der Waals surface area contributed by atoms with Crippen molar-refractivity contribution in [3.05, 3.63) is 248 Å². The molecule has 388 valence electrons. The van der Waals surface area contributed by atoms with E-state index in [1.807, 2.05) is 11.3 Å². The second kappa shape index (κ2) is 16.5. The molecule has 0 radical (unpaired) electrons. The van der Waals surface area contributed by atoms with Crippen LogP contribution >= 0.6 is 11.3 Å². The molecule has 0 unspecified atom stereocenters. The molecule has 1 aromatic heterocycles. The van der Waals surface area contributed by atoms with Crippen molar-refractivity contribution in [3.8, 4) is 20.9 Å². The van der Waals surface area contributed by atoms with Gasteiger partial charge in [-0.25, -0.2) is 0 Å². The van der Waals surface area contributed by atoms with Gasteiger partial charge in [0.25, 0.3) is 13.4 Å². The predicted molar refractivity (Wildman–Crippen MR) is 352 cm³/mol. The van der Waals surface area contributed by atoms with Gasteiger partial charge in [-0.15, -0.1) is 11.3 Å². The summed E-state index contributed by atoms with van der Waals surface area (Å²) in [5.74, 6) is 0. The van der Waals surface area contributed by atoms with Crippen LogP contribution in [0.1, 0.15) is 5.56 Å². The van der Waals surface area contributed by atoms with Gasteiger partial charge in [-0.3, -0.25) is 0 Å². The molecule has 7 aliphatic heterocycles. The smallest absolute Gasteiger partial charge is 0.252 e. The van der Waals surface area contributed by atoms with Crippen LogP contribution in [0, 0.1) is 6.92 Å². The Bertz CT molecular complexity index is 4760. The summed E-state index contributed by atoms with van der Waals surface area (Å²) >= 11 is 1.92. The van der Waals surface area contributed by atoms with E-state index in [0.29, 0.717) is 0 Å². The summed E-state index contributed by atoms with van der Waals surface area (Å²) in [7, 11) is 4.54. The fourth-order valence-corrected chi connectivity index (χ4v) is 16.9. The fraction of sp³-hybridized carbons (Fsp3) is 0.0411. The van der Waals surface area contributed by atoms with Crippen LogP contribution in [0.25, 0.3) is 20.9 Å². The first-order valence-electron chi connectivity index (χ1n) is 28.8. The summed E-state index contributed by atoms with van der Waals surface area (Å²) in [5, 5.41) is 0. The Morgan fingerprint density at radius 3 is 1.18 bits per heavy atom. The summed E-state index contributed by atoms with van der Waals surface area (Å²) in [6, 6.07) is 91.1. The molecule has 0 spiro atoms. The SMILES string of the molecule is Cc1cc2c3c4c1N(C)c1ccccc1N4c1ccccc1B3c1ccc3c4c1N2c1c(-c2ccccc2)sc(-c2ccccc2)c1N4c1cc(N(c2ccccc2)c2ccccc2)c2c4c1B3c1ccccc1N4c1ccccc1N2C. The number of hydrogen-bond donors (Lipinski definition) is 0. The third kappa shape index (κ3) is 5.75. The highest BCUT2D eigenvalue weighted by molar-refractivity contribution is 7.20. The molecule has 7 aliphatic rings. The zero-order valence-corrected chi connectivity index (χ0v) is 46.6. The van der Waals surface area contributed by atoms with Crippen LogP contribution < -0.4 is 67.1 Å². The summed E-state index contributed by atoms with van der Waals surface area (Å²) in [5.41, 5.74) is 34.2. The van der Waals surface area contributed by atoms with Crippen LogP contribution in [0.15, 0.2) is 243 Å². The first-order valence-corrected chi connectivity index (χ1v) is 29.6. The van der Waals surface area contributed by atoms with E-state index in [1.165, 1.54) is 139 Å². The number of thiophene rings is 1. The molecule has 0 amide bonds. The van der Waals surface area contributed by atoms with E-state index in [2.05, 4.69) is 298 Å². The molecule has 19 rings (SSSR count). The number of anilines is 19. The van der Waals surface area contributed by atoms with Gasteiger partial charge in [-0.2, -0.15) is 0 Å². The molecule has 11 aromatic carbocycles. The molecular weight excluding hydrogens is 1030 g/mol. The Hall–Kier alpha value is -10.2. The summed E-state index contributed by atoms with van der Waals surface area (Å²) in [6.07, 6.45) is 0. The minimum atomic E-state index is -0.112. The van der Waals surface area contributed by atoms with Crippen molar-refractivity contribution in [3.63, 3.8) is 0 Å². The summed E-state index contributed by atoms with van der Waals surface area (Å²) < 4.78 is 0. The molecule has 0 saturated carbocycles. The zero-order valence-electron chi connectivity index (χ0n) is 45.8. The second-order valence-electron chi connectivity index (χ2n) is 22.9. The lowest BCUT2D eigenvalue weighted by molar-refractivity contribution is 1.10. The molecule has 0 saturated heterocycles. The van der Waals surface area contributed by atoms with Gasteiger partial charge in [0.15, 0.2) is 0 Å². The Labute approximate surface area is 487 Å². The van der Waals surface area contributed by atoms with E-state index in [4.69, 9.17) is 0 Å². The van der Waals surface area contributed by atoms with E-state index >= 15 is 0 Å². The third-order valence-corrected chi connectivity index (χ3v) is 20.1. The topological polar surface area (TPSA) is 22.7 Å². The van der Waals surface area contributed by atoms with Crippen molar-refractivity contribution in [1.82, 2.24) is 0 Å². The van der Waals surface area contributed by atoms with Gasteiger partial charge in [0, 0.05) is 48.2 Å². The van der Waals surface area contributed by atoms with E-state index < -0.39 is 0 Å². The highest BCUT2D eigenvalue weighted by Gasteiger charge is 2.56. The summed E-state index contributed by atoms with van der Waals surface area (Å²) in [4.78, 5) is 20.6. The fourth-order valence-electron chi connectivity index (χ4n) is 15.7. The molecular formula is C73H49B2N7S. The van der Waals surface area contributed by atoms with Crippen molar-refractivity contribution in [2.45, 2.75) is 6.92 Å². The average molecular weight is 1080 g/mol. The maximum Gasteiger partial charge on any atom is 0.252 e. The van der Waals surface area contributed by atoms with Crippen molar-refractivity contribution in [2.75, 3.05) is 48.4 Å². The Morgan fingerprint density at radius 1 is 0.313 bits per heavy atom. The highest BCUT2D eigenvalue weighted by atomic mass is 32.1. The number of hydrogen-bond acceptors (Lipinski definition) is 8. The molecule has 0 aliphatic carbocycles. The van der Waals surface area contributed by atoms with Crippen LogP contribution in [-0.2, 0) is 0 Å². The van der Waals surface area contributed by atoms with Gasteiger partial charge in [-0.1, -0.05) is 170 Å². The summed E-state index contributed by atoms with van der Waals surface area (Å²) in [6.45, 7) is 2.16. The standard InChI is InChI=1S/C73H49B2N7S/c1-44-42-59-62-68-64(44)76(2)55-36-20-22-38-57(55)79(68)53-34-18-16-32-49(53)74(62)51-40-41-52-66-65(51)81(59)70-71(73(46-26-10-5-11-27-46)83-72(70)45-24-8-4-9-25-45)82(66)60-43-61(78(47-28-12-6-13-29-47)48-30-14-7-15-31-48)67-69-63(60)75(52)50-33-17-19-35-54(50)80(69)58-39-23-21-37-56(58)77(67)3/h4-43H,1-3H3. The van der Waals surface area contributed by atoms with E-state index in [9.17, 15) is 0 Å². The Kier molecular flexibility index (Phi) is 9.06. The maximum atomic E-state index is 2.77. The number of fused-ring (bicyclic) bond motifs is 17. The lowest BCUT2D eigenvalue weighted by Crippen LogP contribution is -2.66. The van der Waals surface area contributed by atoms with Crippen LogP contribution in [0.5, 0.6) is 0 Å². The van der Waals surface area contributed by atoms with Gasteiger partial charge in [0.1, 0.15) is 0 Å². The van der Waals surface area contributed by atoms with Gasteiger partial charge in [-0.05, 0) is 129 Å². The van der Waals surface area contributed by atoms with Crippen LogP contribution in [0.2, 0.25) is 0 Å². The number of nitrogens with zero attached hydrogens (tertiary/aromatic N) is 7. The average Bonchev–Trinajstić information content (AvgIpc) is 1.97. The van der Waals surface area contributed by atoms with Crippen molar-refractivity contribution < 1.29 is 0 Å². The molecule has 8 heterocycles. The minimum absolute atomic E-state index is 0.0655. The number of benzene rings is 11. The largest absolute Gasteiger partial charge is 0.341 e. The Morgan fingerprint density at radius 2 is 0.699 bits per heavy atom. The first-order chi connectivity index (χ1) is 41.0. The van der Waals surface area contributed by atoms with Crippen LogP contribution in [0.3, 0.4) is 0 Å². The molecule has 0 fully saturated rings. The third-order valence-electron chi connectivity index (χ3n) is 18.8. The predicted octanol–water partition coefficient (Wildman–Crippen LogP) is 15.5. The number of rotatable bonds is 5. The molecule has 7 nitrogen and oxygen atoms in total. The van der Waals surface area contributed by atoms with Gasteiger partial charge >= 0.3 is 0 Å². The minimum Gasteiger partial charge on any atom is -0.341 e. The van der Waals surface area contributed by atoms with Gasteiger partial charge < -0.3 is 34.3 Å². The molecule has 0 bridgehead atoms. The Balaban J connectivity index is 1.01. The van der Waals surface area contributed by atoms with Crippen molar-refractivity contribution in [1.29, 1.82) is 0 Å². The van der Waals surface area contributed by atoms with E-state index in [-0.39, 0.29) is 13.4 Å². The van der Waals surface area contributed by atoms with Crippen LogP contribution in [0.4, 0.5) is 108 Å². The van der Waals surface area contributed by atoms with Crippen LogP contribution in [-0.4, -0.2) is 27.5 Å². The zero-order chi connectivity index (χ0) is 54.5. The molecule has 83 heavy (non-hydrogen) atoms. The van der Waals surface area contributed by atoms with Gasteiger partial charge in [0.2, 0.25) is 0 Å². The number of para-hydroxylation sites is 8. The maximum absolute atomic E-state index is 2.77. The quantitative estimate of drug-likeness (QED) is 0.158. The van der Waals surface area contributed by atoms with Crippen molar-refractivity contribution >= 4 is 166 Å². The lowest BCUT2D eigenvalue weighted by Gasteiger charge is -2.54. The molecule has 10 heteroatoms. The molecule has 12 aromatic rings. The number of aryl methyl sites for hydroxylation is 1. The van der Waals surface area contributed by atoms with Crippen molar-refractivity contribution in [2.24, 2.45) is 0 Å². The molecule has 0 atom stereocenters. The van der Waals surface area contributed by atoms with Gasteiger partial charge in [0.05, 0.1) is 83.7 Å². The lowest BCUT2D eigenvalue weighted by atomic mass is 9.30. The van der Waals surface area contributed by atoms with E-state index in [1.54, 1.807) is 0 Å². The normalized spacial score (nSPS) is 14.3. The highest BCUT2D eigenvalue weighted by Crippen LogP contribution is 2.68. The monoisotopic (exact) mass is 1080 g/mol.